The quantitative estimate of drug-likeness (QED) is 0.892. The van der Waals surface area contributed by atoms with Gasteiger partial charge in [-0.25, -0.2) is 0 Å². The lowest BCUT2D eigenvalue weighted by Crippen LogP contribution is -2.12. The normalized spacial score (nSPS) is 12.2. The molecule has 0 radical (unpaired) electrons. The Morgan fingerprint density at radius 2 is 1.80 bits per heavy atom. The third-order valence-electron chi connectivity index (χ3n) is 3.61. The maximum Gasteiger partial charge on any atom is 0.122 e. The van der Waals surface area contributed by atoms with E-state index in [1.807, 2.05) is 26.1 Å². The van der Waals surface area contributed by atoms with Crippen molar-refractivity contribution < 1.29 is 5.11 Å². The molecule has 3 nitrogen and oxygen atoms in total. The minimum Gasteiger partial charge on any atom is -0.508 e. The molecule has 0 aliphatic heterocycles. The van der Waals surface area contributed by atoms with E-state index >= 15 is 0 Å². The van der Waals surface area contributed by atoms with Crippen molar-refractivity contribution in [2.75, 3.05) is 11.9 Å². The van der Waals surface area contributed by atoms with Gasteiger partial charge >= 0.3 is 0 Å². The maximum atomic E-state index is 10.1. The first-order chi connectivity index (χ1) is 9.40. The van der Waals surface area contributed by atoms with E-state index in [1.54, 1.807) is 6.07 Å². The summed E-state index contributed by atoms with van der Waals surface area (Å²) in [6.45, 7) is 6.04. The van der Waals surface area contributed by atoms with Crippen LogP contribution in [0.15, 0.2) is 36.4 Å². The van der Waals surface area contributed by atoms with Crippen LogP contribution in [0.1, 0.15) is 29.7 Å². The van der Waals surface area contributed by atoms with Gasteiger partial charge in [-0.2, -0.15) is 0 Å². The van der Waals surface area contributed by atoms with Gasteiger partial charge in [0.25, 0.3) is 0 Å². The highest BCUT2D eigenvalue weighted by atomic mass is 16.3. The Balaban J connectivity index is 2.38. The molecule has 0 aliphatic rings. The fraction of sp³-hybridized carbons (Fsp3) is 0.294. The van der Waals surface area contributed by atoms with E-state index in [0.29, 0.717) is 0 Å². The summed E-state index contributed by atoms with van der Waals surface area (Å²) >= 11 is 0. The molecule has 0 aromatic heterocycles. The molecule has 0 aliphatic carbocycles. The average Bonchev–Trinajstić information content (AvgIpc) is 2.37. The number of aromatic hydroxyl groups is 1. The monoisotopic (exact) mass is 270 g/mol. The SMILES string of the molecule is Cc1ccc(N(C)c2ccc(C(C)N)c(O)c2)c(C)c1. The lowest BCUT2D eigenvalue weighted by atomic mass is 10.1. The third-order valence-corrected chi connectivity index (χ3v) is 3.61. The first kappa shape index (κ1) is 14.4. The molecule has 0 fully saturated rings. The lowest BCUT2D eigenvalue weighted by Gasteiger charge is -2.23. The minimum atomic E-state index is -0.171. The van der Waals surface area contributed by atoms with Crippen molar-refractivity contribution in [2.45, 2.75) is 26.8 Å². The Morgan fingerprint density at radius 1 is 1.10 bits per heavy atom. The Bertz CT molecular complexity index is 620. The first-order valence-electron chi connectivity index (χ1n) is 6.79. The number of phenols is 1. The van der Waals surface area contributed by atoms with Crippen molar-refractivity contribution in [1.82, 2.24) is 0 Å². The van der Waals surface area contributed by atoms with E-state index < -0.39 is 0 Å². The van der Waals surface area contributed by atoms with E-state index in [9.17, 15) is 5.11 Å². The molecular formula is C17H22N2O. The van der Waals surface area contributed by atoms with Crippen LogP contribution in [0.2, 0.25) is 0 Å². The topological polar surface area (TPSA) is 49.5 Å². The van der Waals surface area contributed by atoms with Crippen LogP contribution in [0.5, 0.6) is 5.75 Å². The van der Waals surface area contributed by atoms with Crippen LogP contribution < -0.4 is 10.6 Å². The third kappa shape index (κ3) is 2.78. The van der Waals surface area contributed by atoms with E-state index in [-0.39, 0.29) is 11.8 Å². The Morgan fingerprint density at radius 3 is 2.35 bits per heavy atom. The van der Waals surface area contributed by atoms with Gasteiger partial charge < -0.3 is 15.7 Å². The second-order valence-corrected chi connectivity index (χ2v) is 5.38. The van der Waals surface area contributed by atoms with Gasteiger partial charge in [0.15, 0.2) is 0 Å². The fourth-order valence-corrected chi connectivity index (χ4v) is 2.45. The number of hydrogen-bond acceptors (Lipinski definition) is 3. The molecule has 1 unspecified atom stereocenters. The summed E-state index contributed by atoms with van der Waals surface area (Å²) in [5.41, 5.74) is 11.1. The molecule has 0 bridgehead atoms. The molecular weight excluding hydrogens is 248 g/mol. The van der Waals surface area contributed by atoms with E-state index in [0.717, 1.165) is 16.9 Å². The van der Waals surface area contributed by atoms with Gasteiger partial charge in [-0.3, -0.25) is 0 Å². The molecule has 0 spiro atoms. The predicted octanol–water partition coefficient (Wildman–Crippen LogP) is 3.80. The number of aryl methyl sites for hydroxylation is 2. The number of hydrogen-bond donors (Lipinski definition) is 2. The zero-order chi connectivity index (χ0) is 14.9. The van der Waals surface area contributed by atoms with Gasteiger partial charge in [-0.15, -0.1) is 0 Å². The van der Waals surface area contributed by atoms with Crippen LogP contribution in [0.25, 0.3) is 0 Å². The van der Waals surface area contributed by atoms with E-state index in [1.165, 1.54) is 11.1 Å². The van der Waals surface area contributed by atoms with Crippen LogP contribution in [0.3, 0.4) is 0 Å². The van der Waals surface area contributed by atoms with E-state index in [4.69, 9.17) is 5.73 Å². The molecule has 0 saturated heterocycles. The Labute approximate surface area is 120 Å². The summed E-state index contributed by atoms with van der Waals surface area (Å²) in [5, 5.41) is 10.1. The second kappa shape index (κ2) is 5.55. The largest absolute Gasteiger partial charge is 0.508 e. The fourth-order valence-electron chi connectivity index (χ4n) is 2.45. The molecule has 106 valence electrons. The van der Waals surface area contributed by atoms with Gasteiger partial charge in [0.05, 0.1) is 0 Å². The standard InChI is InChI=1S/C17H22N2O/c1-11-5-8-16(12(2)9-11)19(4)14-6-7-15(13(3)18)17(20)10-14/h5-10,13,20H,18H2,1-4H3. The number of nitrogens with two attached hydrogens (primary N) is 1. The molecule has 2 aromatic carbocycles. The van der Waals surface area contributed by atoms with Gasteiger partial charge in [-0.05, 0) is 38.5 Å². The smallest absolute Gasteiger partial charge is 0.122 e. The summed E-state index contributed by atoms with van der Waals surface area (Å²) in [5.74, 6) is 0.245. The van der Waals surface area contributed by atoms with Crippen LogP contribution in [0.4, 0.5) is 11.4 Å². The lowest BCUT2D eigenvalue weighted by molar-refractivity contribution is 0.464. The summed E-state index contributed by atoms with van der Waals surface area (Å²) in [7, 11) is 2.00. The summed E-state index contributed by atoms with van der Waals surface area (Å²) < 4.78 is 0. The zero-order valence-electron chi connectivity index (χ0n) is 12.5. The van der Waals surface area contributed by atoms with Crippen LogP contribution in [0, 0.1) is 13.8 Å². The van der Waals surface area contributed by atoms with Crippen molar-refractivity contribution in [3.63, 3.8) is 0 Å². The van der Waals surface area contributed by atoms with Crippen LogP contribution in [-0.2, 0) is 0 Å². The average molecular weight is 270 g/mol. The minimum absolute atomic E-state index is 0.171. The van der Waals surface area contributed by atoms with Crippen molar-refractivity contribution >= 4 is 11.4 Å². The van der Waals surface area contributed by atoms with Gasteiger partial charge in [0.2, 0.25) is 0 Å². The number of anilines is 2. The highest BCUT2D eigenvalue weighted by Gasteiger charge is 2.11. The first-order valence-corrected chi connectivity index (χ1v) is 6.79. The van der Waals surface area contributed by atoms with Crippen molar-refractivity contribution in [1.29, 1.82) is 0 Å². The molecule has 20 heavy (non-hydrogen) atoms. The molecule has 3 heteroatoms. The predicted molar refractivity (Wildman–Crippen MR) is 84.7 cm³/mol. The second-order valence-electron chi connectivity index (χ2n) is 5.38. The number of benzene rings is 2. The van der Waals surface area contributed by atoms with Crippen molar-refractivity contribution in [3.8, 4) is 5.75 Å². The van der Waals surface area contributed by atoms with Crippen LogP contribution >= 0.6 is 0 Å². The Hall–Kier alpha value is -2.00. The molecule has 0 amide bonds. The van der Waals surface area contributed by atoms with Gasteiger partial charge in [0, 0.05) is 36.1 Å². The maximum absolute atomic E-state index is 10.1. The highest BCUT2D eigenvalue weighted by molar-refractivity contribution is 5.67. The summed E-state index contributed by atoms with van der Waals surface area (Å²) in [6, 6.07) is 11.8. The molecule has 2 aromatic rings. The van der Waals surface area contributed by atoms with Crippen molar-refractivity contribution in [2.24, 2.45) is 5.73 Å². The number of rotatable bonds is 3. The van der Waals surface area contributed by atoms with Gasteiger partial charge in [0.1, 0.15) is 5.75 Å². The molecule has 3 N–H and O–H groups in total. The summed E-state index contributed by atoms with van der Waals surface area (Å²) in [6.07, 6.45) is 0. The highest BCUT2D eigenvalue weighted by Crippen LogP contribution is 2.32. The summed E-state index contributed by atoms with van der Waals surface area (Å²) in [4.78, 5) is 2.07. The molecule has 0 heterocycles. The number of nitrogens with zero attached hydrogens (tertiary/aromatic N) is 1. The molecule has 2 rings (SSSR count). The van der Waals surface area contributed by atoms with Crippen LogP contribution in [-0.4, -0.2) is 12.2 Å². The zero-order valence-corrected chi connectivity index (χ0v) is 12.5. The Kier molecular flexibility index (Phi) is 4.00. The van der Waals surface area contributed by atoms with Crippen molar-refractivity contribution in [3.05, 3.63) is 53.1 Å². The molecule has 1 atom stereocenters. The number of phenolic OH excluding ortho intramolecular Hbond substituents is 1. The van der Waals surface area contributed by atoms with E-state index in [2.05, 4.69) is 36.9 Å². The van der Waals surface area contributed by atoms with Gasteiger partial charge in [-0.1, -0.05) is 23.8 Å². The molecule has 0 saturated carbocycles.